The summed E-state index contributed by atoms with van der Waals surface area (Å²) in [5.41, 5.74) is 3.28. The minimum absolute atomic E-state index is 0.0199. The number of aliphatic imine (C=N–C) groups is 1. The third-order valence-corrected chi connectivity index (χ3v) is 5.27. The van der Waals surface area contributed by atoms with Crippen LogP contribution >= 0.6 is 11.6 Å². The van der Waals surface area contributed by atoms with Gasteiger partial charge >= 0.3 is 0 Å². The minimum atomic E-state index is -0.263. The Balaban J connectivity index is 2.01. The van der Waals surface area contributed by atoms with E-state index in [9.17, 15) is 4.39 Å². The molecule has 1 aliphatic heterocycles. The van der Waals surface area contributed by atoms with Gasteiger partial charge < -0.3 is 4.90 Å². The SMILES string of the molecule is CC1CC(C)(C)N(C)c2cc(F)c(C=Nc3ccccc3Cl)cc21. The Morgan fingerprint density at radius 1 is 1.29 bits per heavy atom. The van der Waals surface area contributed by atoms with Crippen molar-refractivity contribution in [3.8, 4) is 0 Å². The standard InChI is InChI=1S/C20H22ClFN2/c1-13-11-20(2,3)24(4)19-10-17(22)14(9-15(13)19)12-23-18-8-6-5-7-16(18)21/h5-10,12-13H,11H2,1-4H3. The van der Waals surface area contributed by atoms with Crippen LogP contribution < -0.4 is 4.90 Å². The average Bonchev–Trinajstić information content (AvgIpc) is 2.52. The molecule has 24 heavy (non-hydrogen) atoms. The molecule has 3 rings (SSSR count). The van der Waals surface area contributed by atoms with Crippen LogP contribution in [0.5, 0.6) is 0 Å². The second kappa shape index (κ2) is 6.21. The van der Waals surface area contributed by atoms with Crippen LogP contribution in [-0.2, 0) is 0 Å². The van der Waals surface area contributed by atoms with E-state index in [4.69, 9.17) is 11.6 Å². The van der Waals surface area contributed by atoms with Crippen molar-refractivity contribution >= 4 is 29.2 Å². The molecule has 0 saturated carbocycles. The Morgan fingerprint density at radius 2 is 2.00 bits per heavy atom. The molecule has 0 bridgehead atoms. The van der Waals surface area contributed by atoms with E-state index in [2.05, 4.69) is 30.7 Å². The van der Waals surface area contributed by atoms with E-state index in [-0.39, 0.29) is 11.4 Å². The molecule has 0 radical (unpaired) electrons. The maximum atomic E-state index is 14.6. The van der Waals surface area contributed by atoms with Crippen LogP contribution in [-0.4, -0.2) is 18.8 Å². The van der Waals surface area contributed by atoms with Crippen molar-refractivity contribution in [2.45, 2.75) is 38.6 Å². The van der Waals surface area contributed by atoms with Gasteiger partial charge in [0.25, 0.3) is 0 Å². The van der Waals surface area contributed by atoms with Gasteiger partial charge in [0, 0.05) is 30.1 Å². The lowest BCUT2D eigenvalue weighted by atomic mass is 9.80. The van der Waals surface area contributed by atoms with Gasteiger partial charge in [-0.3, -0.25) is 4.99 Å². The summed E-state index contributed by atoms with van der Waals surface area (Å²) < 4.78 is 14.6. The maximum absolute atomic E-state index is 14.6. The number of fused-ring (bicyclic) bond motifs is 1. The van der Waals surface area contributed by atoms with Gasteiger partial charge in [-0.1, -0.05) is 30.7 Å². The van der Waals surface area contributed by atoms with Gasteiger partial charge in [0.05, 0.1) is 10.7 Å². The van der Waals surface area contributed by atoms with Crippen molar-refractivity contribution in [1.82, 2.24) is 0 Å². The van der Waals surface area contributed by atoms with E-state index < -0.39 is 0 Å². The van der Waals surface area contributed by atoms with Crippen molar-refractivity contribution in [3.63, 3.8) is 0 Å². The Bertz CT molecular complexity index is 798. The lowest BCUT2D eigenvalue weighted by Gasteiger charge is -2.45. The largest absolute Gasteiger partial charge is 0.369 e. The third-order valence-electron chi connectivity index (χ3n) is 4.95. The van der Waals surface area contributed by atoms with Gasteiger partial charge in [0.1, 0.15) is 5.82 Å². The molecule has 0 amide bonds. The molecule has 0 aliphatic carbocycles. The maximum Gasteiger partial charge on any atom is 0.134 e. The second-order valence-electron chi connectivity index (χ2n) is 7.12. The van der Waals surface area contributed by atoms with Gasteiger partial charge in [0.2, 0.25) is 0 Å². The molecule has 1 heterocycles. The number of para-hydroxylation sites is 1. The Hall–Kier alpha value is -1.87. The first-order chi connectivity index (χ1) is 11.3. The summed E-state index contributed by atoms with van der Waals surface area (Å²) in [7, 11) is 2.03. The van der Waals surface area contributed by atoms with Gasteiger partial charge in [-0.2, -0.15) is 0 Å². The molecule has 2 nitrogen and oxygen atoms in total. The minimum Gasteiger partial charge on any atom is -0.369 e. The highest BCUT2D eigenvalue weighted by atomic mass is 35.5. The number of nitrogens with zero attached hydrogens (tertiary/aromatic N) is 2. The average molecular weight is 345 g/mol. The first kappa shape index (κ1) is 17.0. The summed E-state index contributed by atoms with van der Waals surface area (Å²) in [6.45, 7) is 6.58. The zero-order valence-electron chi connectivity index (χ0n) is 14.5. The molecule has 2 aromatic rings. The smallest absolute Gasteiger partial charge is 0.134 e. The van der Waals surface area contributed by atoms with Crippen LogP contribution in [0.2, 0.25) is 5.02 Å². The molecule has 0 spiro atoms. The molecule has 0 N–H and O–H groups in total. The van der Waals surface area contributed by atoms with Crippen LogP contribution in [0.25, 0.3) is 0 Å². The molecule has 0 saturated heterocycles. The van der Waals surface area contributed by atoms with E-state index in [0.717, 1.165) is 12.1 Å². The molecular formula is C20H22ClFN2. The number of hydrogen-bond donors (Lipinski definition) is 0. The zero-order valence-corrected chi connectivity index (χ0v) is 15.2. The summed E-state index contributed by atoms with van der Waals surface area (Å²) in [6, 6.07) is 10.8. The zero-order chi connectivity index (χ0) is 17.5. The first-order valence-corrected chi connectivity index (χ1v) is 8.53. The predicted molar refractivity (Wildman–Crippen MR) is 101 cm³/mol. The number of benzene rings is 2. The highest BCUT2D eigenvalue weighted by Gasteiger charge is 2.34. The van der Waals surface area contributed by atoms with Crippen molar-refractivity contribution in [2.75, 3.05) is 11.9 Å². The monoisotopic (exact) mass is 344 g/mol. The Morgan fingerprint density at radius 3 is 2.71 bits per heavy atom. The van der Waals surface area contributed by atoms with Gasteiger partial charge in [-0.05, 0) is 56.0 Å². The van der Waals surface area contributed by atoms with Crippen molar-refractivity contribution < 1.29 is 4.39 Å². The lowest BCUT2D eigenvalue weighted by Crippen LogP contribution is -2.45. The highest BCUT2D eigenvalue weighted by Crippen LogP contribution is 2.43. The van der Waals surface area contributed by atoms with Crippen LogP contribution in [0.1, 0.15) is 44.2 Å². The highest BCUT2D eigenvalue weighted by molar-refractivity contribution is 6.33. The van der Waals surface area contributed by atoms with Gasteiger partial charge in [-0.25, -0.2) is 4.39 Å². The molecule has 126 valence electrons. The van der Waals surface area contributed by atoms with Crippen LogP contribution in [0, 0.1) is 5.82 Å². The van der Waals surface area contributed by atoms with E-state index in [0.29, 0.717) is 22.2 Å². The number of halogens is 2. The third kappa shape index (κ3) is 3.05. The molecule has 2 aromatic carbocycles. The molecule has 1 atom stereocenters. The van der Waals surface area contributed by atoms with Crippen LogP contribution in [0.3, 0.4) is 0 Å². The summed E-state index contributed by atoms with van der Waals surface area (Å²) in [4.78, 5) is 6.51. The summed E-state index contributed by atoms with van der Waals surface area (Å²) in [6.07, 6.45) is 2.59. The van der Waals surface area contributed by atoms with E-state index in [1.165, 1.54) is 5.56 Å². The van der Waals surface area contributed by atoms with Crippen molar-refractivity contribution in [3.05, 3.63) is 58.4 Å². The fraction of sp³-hybridized carbons (Fsp3) is 0.350. The summed E-state index contributed by atoms with van der Waals surface area (Å²) >= 11 is 6.11. The normalized spacial score (nSPS) is 19.6. The molecule has 1 unspecified atom stereocenters. The van der Waals surface area contributed by atoms with E-state index in [1.807, 2.05) is 31.3 Å². The second-order valence-corrected chi connectivity index (χ2v) is 7.53. The van der Waals surface area contributed by atoms with Gasteiger partial charge in [0.15, 0.2) is 0 Å². The Labute approximate surface area is 148 Å². The molecule has 0 fully saturated rings. The predicted octanol–water partition coefficient (Wildman–Crippen LogP) is 5.95. The fourth-order valence-corrected chi connectivity index (χ4v) is 3.58. The van der Waals surface area contributed by atoms with Crippen LogP contribution in [0.15, 0.2) is 41.4 Å². The number of hydrogen-bond acceptors (Lipinski definition) is 2. The molecule has 1 aliphatic rings. The summed E-state index contributed by atoms with van der Waals surface area (Å²) in [5.74, 6) is 0.112. The van der Waals surface area contributed by atoms with Crippen molar-refractivity contribution in [2.24, 2.45) is 4.99 Å². The molecule has 0 aromatic heterocycles. The van der Waals surface area contributed by atoms with E-state index in [1.54, 1.807) is 18.3 Å². The lowest BCUT2D eigenvalue weighted by molar-refractivity contribution is 0.394. The molecular weight excluding hydrogens is 323 g/mol. The van der Waals surface area contributed by atoms with Gasteiger partial charge in [-0.15, -0.1) is 0 Å². The number of anilines is 1. The molecule has 4 heteroatoms. The summed E-state index contributed by atoms with van der Waals surface area (Å²) in [5, 5.41) is 0.557. The Kier molecular flexibility index (Phi) is 4.39. The van der Waals surface area contributed by atoms with Crippen LogP contribution in [0.4, 0.5) is 15.8 Å². The quantitative estimate of drug-likeness (QED) is 0.614. The fourth-order valence-electron chi connectivity index (χ4n) is 3.40. The van der Waals surface area contributed by atoms with Crippen molar-refractivity contribution in [1.29, 1.82) is 0 Å². The topological polar surface area (TPSA) is 15.6 Å². The van der Waals surface area contributed by atoms with E-state index >= 15 is 0 Å². The first-order valence-electron chi connectivity index (χ1n) is 8.15. The number of rotatable bonds is 2.